The van der Waals surface area contributed by atoms with Crippen LogP contribution in [-0.2, 0) is 6.54 Å². The monoisotopic (exact) mass is 305 g/mol. The lowest BCUT2D eigenvalue weighted by Crippen LogP contribution is -1.98. The van der Waals surface area contributed by atoms with Crippen molar-refractivity contribution in [1.82, 2.24) is 9.97 Å². The Morgan fingerprint density at radius 1 is 1.00 bits per heavy atom. The zero-order valence-electron chi connectivity index (χ0n) is 11.9. The van der Waals surface area contributed by atoms with Crippen molar-refractivity contribution < 1.29 is 0 Å². The summed E-state index contributed by atoms with van der Waals surface area (Å²) in [6, 6.07) is 21.0. The number of H-pyrrole nitrogens is 1. The van der Waals surface area contributed by atoms with Gasteiger partial charge in [0.25, 0.3) is 0 Å². The average Bonchev–Trinajstić information content (AvgIpc) is 3.16. The van der Waals surface area contributed by atoms with Gasteiger partial charge in [-0.05, 0) is 23.8 Å². The van der Waals surface area contributed by atoms with Gasteiger partial charge in [0.2, 0.25) is 0 Å². The fraction of sp³-hybridized carbons (Fsp3) is 0.0556. The Labute approximate surface area is 132 Å². The van der Waals surface area contributed by atoms with Gasteiger partial charge in [-0.25, -0.2) is 4.98 Å². The van der Waals surface area contributed by atoms with Gasteiger partial charge < -0.3 is 10.3 Å². The average molecular weight is 305 g/mol. The third-order valence-corrected chi connectivity index (χ3v) is 4.41. The fourth-order valence-corrected chi connectivity index (χ4v) is 3.17. The van der Waals surface area contributed by atoms with E-state index in [4.69, 9.17) is 0 Å². The van der Waals surface area contributed by atoms with E-state index in [9.17, 15) is 0 Å². The van der Waals surface area contributed by atoms with Gasteiger partial charge >= 0.3 is 0 Å². The van der Waals surface area contributed by atoms with Gasteiger partial charge in [-0.3, -0.25) is 0 Å². The van der Waals surface area contributed by atoms with E-state index >= 15 is 0 Å². The first-order valence-electron chi connectivity index (χ1n) is 7.19. The summed E-state index contributed by atoms with van der Waals surface area (Å²) in [6.45, 7) is 0.825. The molecule has 2 aromatic heterocycles. The zero-order chi connectivity index (χ0) is 14.8. The van der Waals surface area contributed by atoms with Crippen LogP contribution in [0.4, 0.5) is 5.69 Å². The second-order valence-corrected chi connectivity index (χ2v) is 6.05. The van der Waals surface area contributed by atoms with Gasteiger partial charge in [-0.2, -0.15) is 0 Å². The van der Waals surface area contributed by atoms with E-state index in [0.29, 0.717) is 0 Å². The number of aromatic nitrogens is 2. The fourth-order valence-electron chi connectivity index (χ4n) is 2.50. The number of thiazole rings is 1. The van der Waals surface area contributed by atoms with Crippen molar-refractivity contribution in [3.63, 3.8) is 0 Å². The van der Waals surface area contributed by atoms with Crippen LogP contribution in [0, 0.1) is 0 Å². The smallest absolute Gasteiger partial charge is 0.148 e. The molecule has 0 atom stereocenters. The molecule has 0 aliphatic rings. The van der Waals surface area contributed by atoms with Crippen molar-refractivity contribution in [3.8, 4) is 11.3 Å². The minimum absolute atomic E-state index is 0.825. The Morgan fingerprint density at radius 3 is 2.77 bits per heavy atom. The lowest BCUT2D eigenvalue weighted by molar-refractivity contribution is 1.15. The molecule has 2 aromatic carbocycles. The minimum atomic E-state index is 0.825. The Balaban J connectivity index is 1.56. The molecular weight excluding hydrogens is 290 g/mol. The van der Waals surface area contributed by atoms with Gasteiger partial charge in [-0.15, -0.1) is 11.3 Å². The number of fused-ring (bicyclic) bond motifs is 1. The maximum absolute atomic E-state index is 4.31. The van der Waals surface area contributed by atoms with Gasteiger partial charge in [0, 0.05) is 23.5 Å². The van der Waals surface area contributed by atoms with Crippen molar-refractivity contribution in [2.24, 2.45) is 0 Å². The largest absolute Gasteiger partial charge is 0.381 e. The van der Waals surface area contributed by atoms with Crippen LogP contribution in [-0.4, -0.2) is 9.97 Å². The number of anilines is 1. The summed E-state index contributed by atoms with van der Waals surface area (Å²) >= 11 is 1.66. The Morgan fingerprint density at radius 2 is 1.91 bits per heavy atom. The van der Waals surface area contributed by atoms with E-state index in [0.717, 1.165) is 23.6 Å². The summed E-state index contributed by atoms with van der Waals surface area (Å²) in [5.74, 6) is 0. The first kappa shape index (κ1) is 13.1. The van der Waals surface area contributed by atoms with Crippen LogP contribution in [0.5, 0.6) is 0 Å². The third kappa shape index (κ3) is 2.61. The highest BCUT2D eigenvalue weighted by Crippen LogP contribution is 2.27. The number of hydrogen-bond donors (Lipinski definition) is 2. The zero-order valence-corrected chi connectivity index (χ0v) is 12.7. The van der Waals surface area contributed by atoms with Gasteiger partial charge in [-0.1, -0.05) is 42.5 Å². The molecular formula is C18H15N3S. The highest BCUT2D eigenvalue weighted by atomic mass is 32.1. The molecule has 0 aliphatic carbocycles. The SMILES string of the molecule is c1ccc(CNc2cccc(-c3cc4scnc4[nH]3)c2)cc1. The van der Waals surface area contributed by atoms with Crippen LogP contribution in [0.1, 0.15) is 5.56 Å². The molecule has 0 spiro atoms. The molecule has 2 N–H and O–H groups in total. The number of nitrogens with zero attached hydrogens (tertiary/aromatic N) is 1. The molecule has 0 aliphatic heterocycles. The normalized spacial score (nSPS) is 10.9. The van der Waals surface area contributed by atoms with Crippen molar-refractivity contribution in [3.05, 3.63) is 71.7 Å². The molecule has 4 aromatic rings. The Hall–Kier alpha value is -2.59. The van der Waals surface area contributed by atoms with E-state index in [-0.39, 0.29) is 0 Å². The van der Waals surface area contributed by atoms with Crippen molar-refractivity contribution in [2.75, 3.05) is 5.32 Å². The van der Waals surface area contributed by atoms with Crippen LogP contribution in [0.3, 0.4) is 0 Å². The number of nitrogens with one attached hydrogen (secondary N) is 2. The maximum atomic E-state index is 4.31. The molecule has 22 heavy (non-hydrogen) atoms. The van der Waals surface area contributed by atoms with Crippen LogP contribution >= 0.6 is 11.3 Å². The summed E-state index contributed by atoms with van der Waals surface area (Å²) in [5.41, 5.74) is 7.50. The molecule has 0 bridgehead atoms. The predicted molar refractivity (Wildman–Crippen MR) is 93.2 cm³/mol. The van der Waals surface area contributed by atoms with Gasteiger partial charge in [0.1, 0.15) is 5.65 Å². The number of rotatable bonds is 4. The topological polar surface area (TPSA) is 40.7 Å². The van der Waals surface area contributed by atoms with E-state index in [2.05, 4.69) is 69.9 Å². The van der Waals surface area contributed by atoms with Crippen molar-refractivity contribution >= 4 is 27.4 Å². The summed E-state index contributed by atoms with van der Waals surface area (Å²) in [5, 5.41) is 3.47. The highest BCUT2D eigenvalue weighted by Gasteiger charge is 2.05. The summed E-state index contributed by atoms with van der Waals surface area (Å²) in [6.07, 6.45) is 0. The maximum Gasteiger partial charge on any atom is 0.148 e. The first-order chi connectivity index (χ1) is 10.9. The quantitative estimate of drug-likeness (QED) is 0.563. The van der Waals surface area contributed by atoms with Crippen LogP contribution in [0.15, 0.2) is 66.2 Å². The third-order valence-electron chi connectivity index (χ3n) is 3.64. The lowest BCUT2D eigenvalue weighted by Gasteiger charge is -2.08. The predicted octanol–water partition coefficient (Wildman–Crippen LogP) is 4.90. The molecule has 4 rings (SSSR count). The van der Waals surface area contributed by atoms with E-state index in [1.807, 2.05) is 11.6 Å². The molecule has 0 unspecified atom stereocenters. The molecule has 2 heterocycles. The molecule has 0 amide bonds. The number of aromatic amines is 1. The Bertz CT molecular complexity index is 864. The molecule has 0 fully saturated rings. The van der Waals surface area contributed by atoms with Gasteiger partial charge in [0.05, 0.1) is 10.2 Å². The molecule has 108 valence electrons. The molecule has 4 heteroatoms. The standard InChI is InChI=1S/C18H15N3S/c1-2-5-13(6-3-1)11-19-15-8-4-7-14(9-15)16-10-17-18(21-16)20-12-22-17/h1-10,12,19,21H,11H2. The van der Waals surface area contributed by atoms with Crippen molar-refractivity contribution in [2.45, 2.75) is 6.54 Å². The summed E-state index contributed by atoms with van der Waals surface area (Å²) in [4.78, 5) is 7.68. The molecule has 0 saturated heterocycles. The second kappa shape index (κ2) is 5.66. The minimum Gasteiger partial charge on any atom is -0.381 e. The van der Waals surface area contributed by atoms with Crippen molar-refractivity contribution in [1.29, 1.82) is 0 Å². The van der Waals surface area contributed by atoms with E-state index < -0.39 is 0 Å². The summed E-state index contributed by atoms with van der Waals surface area (Å²) < 4.78 is 1.19. The molecule has 0 saturated carbocycles. The number of hydrogen-bond acceptors (Lipinski definition) is 3. The van der Waals surface area contributed by atoms with Gasteiger partial charge in [0.15, 0.2) is 0 Å². The van der Waals surface area contributed by atoms with Crippen LogP contribution in [0.25, 0.3) is 21.6 Å². The Kier molecular flexibility index (Phi) is 3.37. The molecule has 3 nitrogen and oxygen atoms in total. The number of benzene rings is 2. The van der Waals surface area contributed by atoms with Crippen LogP contribution in [0.2, 0.25) is 0 Å². The van der Waals surface area contributed by atoms with Crippen LogP contribution < -0.4 is 5.32 Å². The molecule has 0 radical (unpaired) electrons. The first-order valence-corrected chi connectivity index (χ1v) is 8.07. The lowest BCUT2D eigenvalue weighted by atomic mass is 10.1. The second-order valence-electron chi connectivity index (χ2n) is 5.17. The van der Waals surface area contributed by atoms with E-state index in [1.54, 1.807) is 11.3 Å². The highest BCUT2D eigenvalue weighted by molar-refractivity contribution is 7.16. The van der Waals surface area contributed by atoms with E-state index in [1.165, 1.54) is 15.8 Å². The summed E-state index contributed by atoms with van der Waals surface area (Å²) in [7, 11) is 0.